The molecule has 0 aliphatic rings. The zero-order valence-electron chi connectivity index (χ0n) is 11.4. The van der Waals surface area contributed by atoms with Crippen LogP contribution in [0.25, 0.3) is 16.3 Å². The summed E-state index contributed by atoms with van der Waals surface area (Å²) >= 11 is 1.34. The molecule has 0 saturated heterocycles. The highest BCUT2D eigenvalue weighted by Crippen LogP contribution is 2.32. The number of nitrogens with zero attached hydrogens (tertiary/aromatic N) is 2. The van der Waals surface area contributed by atoms with Gasteiger partial charge in [0.1, 0.15) is 0 Å². The fourth-order valence-corrected chi connectivity index (χ4v) is 2.82. The zero-order chi connectivity index (χ0) is 16.6. The third-order valence-corrected chi connectivity index (χ3v) is 4.01. The van der Waals surface area contributed by atoms with Crippen molar-refractivity contribution >= 4 is 17.3 Å². The van der Waals surface area contributed by atoms with Crippen molar-refractivity contribution in [1.29, 1.82) is 0 Å². The van der Waals surface area contributed by atoms with E-state index in [9.17, 15) is 18.0 Å². The van der Waals surface area contributed by atoms with E-state index in [1.54, 1.807) is 17.5 Å². The number of aromatic carboxylic acids is 1. The van der Waals surface area contributed by atoms with Gasteiger partial charge in [0.2, 0.25) is 0 Å². The van der Waals surface area contributed by atoms with Crippen LogP contribution in [0, 0.1) is 0 Å². The first-order chi connectivity index (χ1) is 10.9. The molecule has 2 aromatic heterocycles. The molecule has 3 rings (SSSR count). The number of hydrogen-bond donors (Lipinski definition) is 1. The molecule has 0 unspecified atom stereocenters. The van der Waals surface area contributed by atoms with Gasteiger partial charge in [0, 0.05) is 6.07 Å². The number of carboxylic acid groups (broad SMARTS) is 1. The number of carbonyl (C=O) groups is 1. The van der Waals surface area contributed by atoms with Crippen LogP contribution < -0.4 is 0 Å². The van der Waals surface area contributed by atoms with Crippen LogP contribution in [0.2, 0.25) is 0 Å². The van der Waals surface area contributed by atoms with Gasteiger partial charge in [0.05, 0.1) is 21.8 Å². The van der Waals surface area contributed by atoms with E-state index < -0.39 is 17.7 Å². The SMILES string of the molecule is O=C(O)c1cc(-c2cccs2)n(-c2cccc(C(F)(F)F)c2)n1. The summed E-state index contributed by atoms with van der Waals surface area (Å²) in [5, 5.41) is 14.8. The van der Waals surface area contributed by atoms with Gasteiger partial charge in [0.15, 0.2) is 5.69 Å². The fraction of sp³-hybridized carbons (Fsp3) is 0.0667. The second kappa shape index (κ2) is 5.54. The van der Waals surface area contributed by atoms with Crippen LogP contribution in [0.5, 0.6) is 0 Å². The van der Waals surface area contributed by atoms with Gasteiger partial charge in [-0.05, 0) is 29.6 Å². The van der Waals surface area contributed by atoms with E-state index in [1.165, 1.54) is 34.2 Å². The highest BCUT2D eigenvalue weighted by Gasteiger charge is 2.31. The Hall–Kier alpha value is -2.61. The minimum absolute atomic E-state index is 0.149. The van der Waals surface area contributed by atoms with Crippen molar-refractivity contribution in [2.75, 3.05) is 0 Å². The summed E-state index contributed by atoms with van der Waals surface area (Å²) in [5.74, 6) is -1.24. The molecule has 0 atom stereocenters. The minimum atomic E-state index is -4.48. The molecule has 0 saturated carbocycles. The number of benzene rings is 1. The van der Waals surface area contributed by atoms with Crippen molar-refractivity contribution in [2.24, 2.45) is 0 Å². The predicted octanol–water partition coefficient (Wildman–Crippen LogP) is 4.32. The molecule has 1 aromatic carbocycles. The van der Waals surface area contributed by atoms with Crippen LogP contribution >= 0.6 is 11.3 Å². The summed E-state index contributed by atoms with van der Waals surface area (Å²) in [5.41, 5.74) is -0.474. The molecule has 0 bridgehead atoms. The molecule has 2 heterocycles. The quantitative estimate of drug-likeness (QED) is 0.774. The van der Waals surface area contributed by atoms with E-state index in [1.807, 2.05) is 0 Å². The fourth-order valence-electron chi connectivity index (χ4n) is 2.10. The van der Waals surface area contributed by atoms with Gasteiger partial charge in [-0.3, -0.25) is 0 Å². The van der Waals surface area contributed by atoms with Crippen LogP contribution in [0.15, 0.2) is 47.8 Å². The smallest absolute Gasteiger partial charge is 0.416 e. The topological polar surface area (TPSA) is 55.1 Å². The Morgan fingerprint density at radius 2 is 1.96 bits per heavy atom. The van der Waals surface area contributed by atoms with E-state index in [0.717, 1.165) is 12.1 Å². The largest absolute Gasteiger partial charge is 0.476 e. The highest BCUT2D eigenvalue weighted by molar-refractivity contribution is 7.13. The second-order valence-electron chi connectivity index (χ2n) is 4.66. The lowest BCUT2D eigenvalue weighted by atomic mass is 10.2. The van der Waals surface area contributed by atoms with Crippen LogP contribution in [-0.2, 0) is 6.18 Å². The molecule has 0 aliphatic carbocycles. The average molecular weight is 338 g/mol. The minimum Gasteiger partial charge on any atom is -0.476 e. The van der Waals surface area contributed by atoms with E-state index >= 15 is 0 Å². The Labute approximate surface area is 132 Å². The lowest BCUT2D eigenvalue weighted by molar-refractivity contribution is -0.137. The summed E-state index contributed by atoms with van der Waals surface area (Å²) in [4.78, 5) is 11.9. The van der Waals surface area contributed by atoms with Gasteiger partial charge in [-0.2, -0.15) is 18.3 Å². The third-order valence-electron chi connectivity index (χ3n) is 3.12. The molecule has 0 fully saturated rings. The van der Waals surface area contributed by atoms with Gasteiger partial charge >= 0.3 is 12.1 Å². The number of carboxylic acids is 1. The van der Waals surface area contributed by atoms with E-state index in [-0.39, 0.29) is 11.4 Å². The van der Waals surface area contributed by atoms with Crippen molar-refractivity contribution in [3.05, 3.63) is 59.1 Å². The zero-order valence-corrected chi connectivity index (χ0v) is 12.2. The van der Waals surface area contributed by atoms with Gasteiger partial charge in [-0.15, -0.1) is 11.3 Å². The third kappa shape index (κ3) is 2.98. The van der Waals surface area contributed by atoms with E-state index in [4.69, 9.17) is 5.11 Å². The molecule has 3 aromatic rings. The Morgan fingerprint density at radius 3 is 2.57 bits per heavy atom. The first-order valence-electron chi connectivity index (χ1n) is 6.41. The maximum atomic E-state index is 12.9. The molecule has 0 aliphatic heterocycles. The molecule has 4 nitrogen and oxygen atoms in total. The summed E-state index contributed by atoms with van der Waals surface area (Å²) < 4.78 is 39.8. The molecule has 0 amide bonds. The lowest BCUT2D eigenvalue weighted by Gasteiger charge is -2.10. The van der Waals surface area contributed by atoms with Crippen molar-refractivity contribution < 1.29 is 23.1 Å². The standard InChI is InChI=1S/C15H9F3N2O2S/c16-15(17,18)9-3-1-4-10(7-9)20-12(13-5-2-6-23-13)8-11(19-20)14(21)22/h1-8H,(H,21,22). The maximum absolute atomic E-state index is 12.9. The van der Waals surface area contributed by atoms with Crippen LogP contribution in [0.1, 0.15) is 16.1 Å². The molecule has 0 spiro atoms. The highest BCUT2D eigenvalue weighted by atomic mass is 32.1. The number of aromatic nitrogens is 2. The first kappa shape index (κ1) is 15.3. The van der Waals surface area contributed by atoms with Crippen molar-refractivity contribution in [3.63, 3.8) is 0 Å². The molecule has 0 radical (unpaired) electrons. The first-order valence-corrected chi connectivity index (χ1v) is 7.29. The van der Waals surface area contributed by atoms with Gasteiger partial charge in [0.25, 0.3) is 0 Å². The number of alkyl halides is 3. The van der Waals surface area contributed by atoms with Gasteiger partial charge in [-0.25, -0.2) is 9.48 Å². The molecule has 1 N–H and O–H groups in total. The Bertz CT molecular complexity index is 854. The predicted molar refractivity (Wildman–Crippen MR) is 78.8 cm³/mol. The van der Waals surface area contributed by atoms with Gasteiger partial charge in [-0.1, -0.05) is 12.1 Å². The number of thiophene rings is 1. The lowest BCUT2D eigenvalue weighted by Crippen LogP contribution is -2.07. The number of hydrogen-bond acceptors (Lipinski definition) is 3. The van der Waals surface area contributed by atoms with Crippen molar-refractivity contribution in [2.45, 2.75) is 6.18 Å². The molecule has 118 valence electrons. The van der Waals surface area contributed by atoms with Crippen LogP contribution in [-0.4, -0.2) is 20.9 Å². The molecule has 23 heavy (non-hydrogen) atoms. The van der Waals surface area contributed by atoms with E-state index in [0.29, 0.717) is 10.6 Å². The summed E-state index contributed by atoms with van der Waals surface area (Å²) in [6.45, 7) is 0. The normalized spacial score (nSPS) is 11.6. The molecule has 8 heteroatoms. The average Bonchev–Trinajstić information content (AvgIpc) is 3.15. The van der Waals surface area contributed by atoms with Crippen molar-refractivity contribution in [1.82, 2.24) is 9.78 Å². The number of halogens is 3. The van der Waals surface area contributed by atoms with Crippen molar-refractivity contribution in [3.8, 4) is 16.3 Å². The van der Waals surface area contributed by atoms with Crippen LogP contribution in [0.4, 0.5) is 13.2 Å². The number of rotatable bonds is 3. The second-order valence-corrected chi connectivity index (χ2v) is 5.60. The van der Waals surface area contributed by atoms with Gasteiger partial charge < -0.3 is 5.11 Å². The molecular formula is C15H9F3N2O2S. The Morgan fingerprint density at radius 1 is 1.17 bits per heavy atom. The van der Waals surface area contributed by atoms with E-state index in [2.05, 4.69) is 5.10 Å². The van der Waals surface area contributed by atoms with Crippen LogP contribution in [0.3, 0.4) is 0 Å². The summed E-state index contributed by atoms with van der Waals surface area (Å²) in [7, 11) is 0. The Balaban J connectivity index is 2.18. The Kier molecular flexibility index (Phi) is 3.69. The molecular weight excluding hydrogens is 329 g/mol. The monoisotopic (exact) mass is 338 g/mol. The summed E-state index contributed by atoms with van der Waals surface area (Å²) in [6.07, 6.45) is -4.48. The summed E-state index contributed by atoms with van der Waals surface area (Å²) in [6, 6.07) is 9.46. The maximum Gasteiger partial charge on any atom is 0.416 e.